The summed E-state index contributed by atoms with van der Waals surface area (Å²) in [6.45, 7) is 6.89. The van der Waals surface area contributed by atoms with E-state index < -0.39 is 0 Å². The Hall–Kier alpha value is -1.22. The van der Waals surface area contributed by atoms with Crippen LogP contribution in [-0.2, 0) is 6.42 Å². The van der Waals surface area contributed by atoms with Crippen molar-refractivity contribution < 1.29 is 0 Å². The van der Waals surface area contributed by atoms with E-state index in [9.17, 15) is 0 Å². The fourth-order valence-corrected chi connectivity index (χ4v) is 3.36. The average Bonchev–Trinajstić information content (AvgIpc) is 2.47. The molecule has 1 atom stereocenters. The van der Waals surface area contributed by atoms with Crippen molar-refractivity contribution in [3.05, 3.63) is 23.8 Å². The van der Waals surface area contributed by atoms with Gasteiger partial charge in [-0.15, -0.1) is 0 Å². The summed E-state index contributed by atoms with van der Waals surface area (Å²) in [5, 5.41) is 3.62. The van der Waals surface area contributed by atoms with Crippen LogP contribution >= 0.6 is 0 Å². The van der Waals surface area contributed by atoms with Gasteiger partial charge in [0.05, 0.1) is 11.4 Å². The maximum atomic E-state index is 3.62. The molecule has 2 aliphatic rings. The lowest BCUT2D eigenvalue weighted by Crippen LogP contribution is -2.51. The van der Waals surface area contributed by atoms with Crippen LogP contribution in [-0.4, -0.2) is 44.2 Å². The van der Waals surface area contributed by atoms with Gasteiger partial charge in [-0.05, 0) is 37.9 Å². The molecule has 1 saturated heterocycles. The SMILES string of the molecule is CCC1CN(c2cccc3c2NCCC3)CCN1C. The highest BCUT2D eigenvalue weighted by atomic mass is 15.3. The molecular formula is C16H25N3. The Kier molecular flexibility index (Phi) is 3.65. The van der Waals surface area contributed by atoms with Crippen molar-refractivity contribution in [2.45, 2.75) is 32.2 Å². The van der Waals surface area contributed by atoms with Crippen molar-refractivity contribution in [1.29, 1.82) is 0 Å². The summed E-state index contributed by atoms with van der Waals surface area (Å²) in [7, 11) is 2.25. The number of piperazine rings is 1. The predicted octanol–water partition coefficient (Wildman–Crippen LogP) is 2.58. The summed E-state index contributed by atoms with van der Waals surface area (Å²) in [6.07, 6.45) is 3.72. The van der Waals surface area contributed by atoms with Crippen LogP contribution in [0.5, 0.6) is 0 Å². The number of rotatable bonds is 2. The molecule has 19 heavy (non-hydrogen) atoms. The van der Waals surface area contributed by atoms with E-state index in [1.54, 1.807) is 0 Å². The molecular weight excluding hydrogens is 234 g/mol. The number of nitrogens with zero attached hydrogens (tertiary/aromatic N) is 2. The van der Waals surface area contributed by atoms with Crippen LogP contribution in [0.1, 0.15) is 25.3 Å². The summed E-state index contributed by atoms with van der Waals surface area (Å²) in [5.74, 6) is 0. The van der Waals surface area contributed by atoms with Crippen molar-refractivity contribution in [2.75, 3.05) is 43.4 Å². The molecule has 0 radical (unpaired) electrons. The summed E-state index contributed by atoms with van der Waals surface area (Å²) < 4.78 is 0. The number of likely N-dealkylation sites (N-methyl/N-ethyl adjacent to an activating group) is 1. The first kappa shape index (κ1) is 12.8. The van der Waals surface area contributed by atoms with Gasteiger partial charge in [-0.1, -0.05) is 19.1 Å². The number of benzene rings is 1. The zero-order valence-electron chi connectivity index (χ0n) is 12.2. The van der Waals surface area contributed by atoms with Crippen molar-refractivity contribution >= 4 is 11.4 Å². The molecule has 1 aromatic carbocycles. The summed E-state index contributed by atoms with van der Waals surface area (Å²) in [5.41, 5.74) is 4.31. The van der Waals surface area contributed by atoms with E-state index in [1.165, 1.54) is 42.7 Å². The Bertz CT molecular complexity index is 444. The van der Waals surface area contributed by atoms with Crippen LogP contribution < -0.4 is 10.2 Å². The Balaban J connectivity index is 1.86. The Morgan fingerprint density at radius 3 is 3.05 bits per heavy atom. The third-order valence-electron chi connectivity index (χ3n) is 4.64. The topological polar surface area (TPSA) is 18.5 Å². The Labute approximate surface area is 116 Å². The molecule has 1 aromatic rings. The lowest BCUT2D eigenvalue weighted by atomic mass is 10.0. The molecule has 3 nitrogen and oxygen atoms in total. The first-order chi connectivity index (χ1) is 9.29. The normalized spacial score (nSPS) is 23.9. The summed E-state index contributed by atoms with van der Waals surface area (Å²) in [4.78, 5) is 5.07. The molecule has 2 aliphatic heterocycles. The minimum absolute atomic E-state index is 0.688. The lowest BCUT2D eigenvalue weighted by molar-refractivity contribution is 0.213. The van der Waals surface area contributed by atoms with E-state index in [-0.39, 0.29) is 0 Å². The molecule has 104 valence electrons. The molecule has 0 bridgehead atoms. The lowest BCUT2D eigenvalue weighted by Gasteiger charge is -2.41. The number of hydrogen-bond acceptors (Lipinski definition) is 3. The Morgan fingerprint density at radius 2 is 2.21 bits per heavy atom. The van der Waals surface area contributed by atoms with Crippen molar-refractivity contribution in [3.8, 4) is 0 Å². The highest BCUT2D eigenvalue weighted by Gasteiger charge is 2.25. The van der Waals surface area contributed by atoms with Crippen LogP contribution in [0.3, 0.4) is 0 Å². The van der Waals surface area contributed by atoms with Gasteiger partial charge in [-0.25, -0.2) is 0 Å². The van der Waals surface area contributed by atoms with E-state index in [2.05, 4.69) is 47.3 Å². The zero-order chi connectivity index (χ0) is 13.2. The van der Waals surface area contributed by atoms with Crippen molar-refractivity contribution in [2.24, 2.45) is 0 Å². The first-order valence-corrected chi connectivity index (χ1v) is 7.60. The molecule has 0 aromatic heterocycles. The van der Waals surface area contributed by atoms with Gasteiger partial charge in [-0.2, -0.15) is 0 Å². The molecule has 0 saturated carbocycles. The van der Waals surface area contributed by atoms with Crippen LogP contribution in [0.4, 0.5) is 11.4 Å². The van der Waals surface area contributed by atoms with Gasteiger partial charge in [0.2, 0.25) is 0 Å². The second-order valence-corrected chi connectivity index (χ2v) is 5.83. The van der Waals surface area contributed by atoms with Crippen LogP contribution in [0.25, 0.3) is 0 Å². The second kappa shape index (κ2) is 5.41. The predicted molar refractivity (Wildman–Crippen MR) is 82.2 cm³/mol. The van der Waals surface area contributed by atoms with Crippen LogP contribution in [0, 0.1) is 0 Å². The Morgan fingerprint density at radius 1 is 1.32 bits per heavy atom. The van der Waals surface area contributed by atoms with E-state index in [0.29, 0.717) is 6.04 Å². The minimum atomic E-state index is 0.688. The van der Waals surface area contributed by atoms with Gasteiger partial charge < -0.3 is 10.2 Å². The highest BCUT2D eigenvalue weighted by Crippen LogP contribution is 2.34. The second-order valence-electron chi connectivity index (χ2n) is 5.83. The van der Waals surface area contributed by atoms with Gasteiger partial charge in [0, 0.05) is 32.2 Å². The molecule has 0 aliphatic carbocycles. The molecule has 3 rings (SSSR count). The zero-order valence-corrected chi connectivity index (χ0v) is 12.2. The van der Waals surface area contributed by atoms with Crippen LogP contribution in [0.2, 0.25) is 0 Å². The molecule has 1 N–H and O–H groups in total. The van der Waals surface area contributed by atoms with E-state index in [4.69, 9.17) is 0 Å². The van der Waals surface area contributed by atoms with Gasteiger partial charge in [-0.3, -0.25) is 4.90 Å². The fourth-order valence-electron chi connectivity index (χ4n) is 3.36. The molecule has 1 fully saturated rings. The van der Waals surface area contributed by atoms with E-state index >= 15 is 0 Å². The van der Waals surface area contributed by atoms with Gasteiger partial charge in [0.1, 0.15) is 0 Å². The van der Waals surface area contributed by atoms with Crippen molar-refractivity contribution in [3.63, 3.8) is 0 Å². The number of nitrogens with one attached hydrogen (secondary N) is 1. The molecule has 0 amide bonds. The third-order valence-corrected chi connectivity index (χ3v) is 4.64. The minimum Gasteiger partial charge on any atom is -0.383 e. The maximum Gasteiger partial charge on any atom is 0.0610 e. The van der Waals surface area contributed by atoms with E-state index in [0.717, 1.165) is 19.6 Å². The number of fused-ring (bicyclic) bond motifs is 1. The first-order valence-electron chi connectivity index (χ1n) is 7.60. The molecule has 3 heteroatoms. The summed E-state index contributed by atoms with van der Waals surface area (Å²) >= 11 is 0. The standard InChI is InChI=1S/C16H25N3/c1-3-14-12-19(11-10-18(14)2)15-8-4-6-13-7-5-9-17-16(13)15/h4,6,8,14,17H,3,5,7,9-12H2,1-2H3. The number of aryl methyl sites for hydroxylation is 1. The van der Waals surface area contributed by atoms with Gasteiger partial charge in [0.25, 0.3) is 0 Å². The highest BCUT2D eigenvalue weighted by molar-refractivity contribution is 5.74. The van der Waals surface area contributed by atoms with Gasteiger partial charge in [0.15, 0.2) is 0 Å². The van der Waals surface area contributed by atoms with Crippen LogP contribution in [0.15, 0.2) is 18.2 Å². The number of anilines is 2. The monoisotopic (exact) mass is 259 g/mol. The number of hydrogen-bond donors (Lipinski definition) is 1. The molecule has 0 spiro atoms. The maximum absolute atomic E-state index is 3.62. The fraction of sp³-hybridized carbons (Fsp3) is 0.625. The molecule has 2 heterocycles. The molecule has 1 unspecified atom stereocenters. The number of para-hydroxylation sites is 1. The van der Waals surface area contributed by atoms with Crippen molar-refractivity contribution in [1.82, 2.24) is 4.90 Å². The van der Waals surface area contributed by atoms with E-state index in [1.807, 2.05) is 0 Å². The largest absolute Gasteiger partial charge is 0.383 e. The summed E-state index contributed by atoms with van der Waals surface area (Å²) in [6, 6.07) is 7.47. The van der Waals surface area contributed by atoms with Gasteiger partial charge >= 0.3 is 0 Å². The quantitative estimate of drug-likeness (QED) is 0.880. The third kappa shape index (κ3) is 2.44. The smallest absolute Gasteiger partial charge is 0.0610 e. The average molecular weight is 259 g/mol.